The summed E-state index contributed by atoms with van der Waals surface area (Å²) in [5.74, 6) is -0.773. The summed E-state index contributed by atoms with van der Waals surface area (Å²) in [4.78, 5) is 30.6. The molecule has 1 aromatic heterocycles. The first-order valence-corrected chi connectivity index (χ1v) is 10.3. The monoisotopic (exact) mass is 407 g/mol. The lowest BCUT2D eigenvalue weighted by atomic mass is 10.00. The summed E-state index contributed by atoms with van der Waals surface area (Å²) >= 11 is 1.33. The smallest absolute Gasteiger partial charge is 0.358 e. The number of benzene rings is 2. The number of anilines is 1. The molecule has 1 amide bonds. The predicted molar refractivity (Wildman–Crippen MR) is 112 cm³/mol. The third-order valence-corrected chi connectivity index (χ3v) is 5.61. The SMILES string of the molecule is O=C(OCC(=O)N1CCc2ccccc2C1)c1csc(NCc2ccccc2)n1. The van der Waals surface area contributed by atoms with E-state index >= 15 is 0 Å². The van der Waals surface area contributed by atoms with Gasteiger partial charge >= 0.3 is 5.97 Å². The fraction of sp³-hybridized carbons (Fsp3) is 0.227. The molecule has 2 aromatic carbocycles. The lowest BCUT2D eigenvalue weighted by Gasteiger charge is -2.28. The van der Waals surface area contributed by atoms with Crippen LogP contribution in [0.1, 0.15) is 27.2 Å². The normalized spacial score (nSPS) is 12.9. The van der Waals surface area contributed by atoms with E-state index in [9.17, 15) is 9.59 Å². The summed E-state index contributed by atoms with van der Waals surface area (Å²) in [6.07, 6.45) is 0.818. The molecule has 7 heteroatoms. The summed E-state index contributed by atoms with van der Waals surface area (Å²) in [5.41, 5.74) is 3.75. The van der Waals surface area contributed by atoms with Gasteiger partial charge in [0.25, 0.3) is 5.91 Å². The second-order valence-corrected chi connectivity index (χ2v) is 7.65. The van der Waals surface area contributed by atoms with Gasteiger partial charge < -0.3 is 15.0 Å². The number of carbonyl (C=O) groups excluding carboxylic acids is 2. The third-order valence-electron chi connectivity index (χ3n) is 4.81. The van der Waals surface area contributed by atoms with Gasteiger partial charge in [-0.2, -0.15) is 0 Å². The maximum Gasteiger partial charge on any atom is 0.358 e. The number of ether oxygens (including phenoxy) is 1. The van der Waals surface area contributed by atoms with Gasteiger partial charge in [-0.3, -0.25) is 4.79 Å². The molecule has 1 N–H and O–H groups in total. The highest BCUT2D eigenvalue weighted by Gasteiger charge is 2.22. The summed E-state index contributed by atoms with van der Waals surface area (Å²) in [6.45, 7) is 1.54. The van der Waals surface area contributed by atoms with E-state index in [1.807, 2.05) is 48.5 Å². The zero-order valence-electron chi connectivity index (χ0n) is 15.8. The van der Waals surface area contributed by atoms with Crippen LogP contribution in [-0.4, -0.2) is 34.9 Å². The zero-order valence-corrected chi connectivity index (χ0v) is 16.7. The molecule has 0 fully saturated rings. The van der Waals surface area contributed by atoms with Crippen LogP contribution in [0.4, 0.5) is 5.13 Å². The number of fused-ring (bicyclic) bond motifs is 1. The van der Waals surface area contributed by atoms with Gasteiger partial charge in [-0.25, -0.2) is 9.78 Å². The molecule has 0 aliphatic carbocycles. The van der Waals surface area contributed by atoms with Crippen LogP contribution in [-0.2, 0) is 29.0 Å². The number of amides is 1. The lowest BCUT2D eigenvalue weighted by molar-refractivity contribution is -0.135. The minimum Gasteiger partial charge on any atom is -0.451 e. The van der Waals surface area contributed by atoms with Crippen molar-refractivity contribution in [2.45, 2.75) is 19.5 Å². The second-order valence-electron chi connectivity index (χ2n) is 6.79. The molecule has 148 valence electrons. The van der Waals surface area contributed by atoms with Crippen molar-refractivity contribution in [2.24, 2.45) is 0 Å². The highest BCUT2D eigenvalue weighted by atomic mass is 32.1. The van der Waals surface area contributed by atoms with Gasteiger partial charge in [0.05, 0.1) is 0 Å². The van der Waals surface area contributed by atoms with Gasteiger partial charge in [0.1, 0.15) is 0 Å². The molecule has 1 aliphatic rings. The van der Waals surface area contributed by atoms with Gasteiger partial charge in [-0.05, 0) is 23.1 Å². The molecule has 3 aromatic rings. The van der Waals surface area contributed by atoms with Crippen LogP contribution in [0.5, 0.6) is 0 Å². The van der Waals surface area contributed by atoms with Crippen LogP contribution < -0.4 is 5.32 Å². The molecule has 29 heavy (non-hydrogen) atoms. The Morgan fingerprint density at radius 1 is 1.07 bits per heavy atom. The summed E-state index contributed by atoms with van der Waals surface area (Å²) < 4.78 is 5.19. The first-order chi connectivity index (χ1) is 14.2. The average molecular weight is 407 g/mol. The molecular weight excluding hydrogens is 386 g/mol. The molecular formula is C22H21N3O3S. The Hall–Kier alpha value is -3.19. The van der Waals surface area contributed by atoms with E-state index in [0.29, 0.717) is 24.8 Å². The van der Waals surface area contributed by atoms with Gasteiger partial charge in [0, 0.05) is 25.0 Å². The first-order valence-electron chi connectivity index (χ1n) is 9.44. The molecule has 0 radical (unpaired) electrons. The van der Waals surface area contributed by atoms with Gasteiger partial charge in [0.15, 0.2) is 17.4 Å². The molecule has 2 heterocycles. The summed E-state index contributed by atoms with van der Waals surface area (Å²) in [7, 11) is 0. The van der Waals surface area contributed by atoms with Crippen molar-refractivity contribution in [3.8, 4) is 0 Å². The summed E-state index contributed by atoms with van der Waals surface area (Å²) in [6, 6.07) is 18.0. The Kier molecular flexibility index (Phi) is 5.86. The number of hydrogen-bond donors (Lipinski definition) is 1. The van der Waals surface area contributed by atoms with Crippen molar-refractivity contribution < 1.29 is 14.3 Å². The Balaban J connectivity index is 1.27. The highest BCUT2D eigenvalue weighted by Crippen LogP contribution is 2.19. The Morgan fingerprint density at radius 2 is 1.83 bits per heavy atom. The number of carbonyl (C=O) groups is 2. The van der Waals surface area contributed by atoms with Crippen molar-refractivity contribution in [2.75, 3.05) is 18.5 Å². The molecule has 0 saturated carbocycles. The number of aromatic nitrogens is 1. The molecule has 0 saturated heterocycles. The Bertz CT molecular complexity index is 1000. The molecule has 4 rings (SSSR count). The largest absolute Gasteiger partial charge is 0.451 e. The van der Waals surface area contributed by atoms with Crippen molar-refractivity contribution in [1.29, 1.82) is 0 Å². The average Bonchev–Trinajstić information content (AvgIpc) is 3.25. The minimum atomic E-state index is -0.584. The topological polar surface area (TPSA) is 71.5 Å². The van der Waals surface area contributed by atoms with Gasteiger partial charge in [-0.1, -0.05) is 54.6 Å². The van der Waals surface area contributed by atoms with Crippen molar-refractivity contribution in [3.63, 3.8) is 0 Å². The standard InChI is InChI=1S/C22H21N3O3S/c26-20(25-11-10-17-8-4-5-9-18(17)13-25)14-28-21(27)19-15-29-22(24-19)23-12-16-6-2-1-3-7-16/h1-9,15H,10-14H2,(H,23,24). The number of esters is 1. The number of nitrogens with zero attached hydrogens (tertiary/aromatic N) is 2. The number of thiazole rings is 1. The molecule has 0 spiro atoms. The number of rotatable bonds is 6. The van der Waals surface area contributed by atoms with Crippen LogP contribution in [0.2, 0.25) is 0 Å². The van der Waals surface area contributed by atoms with Crippen LogP contribution >= 0.6 is 11.3 Å². The van der Waals surface area contributed by atoms with Gasteiger partial charge in [0.2, 0.25) is 0 Å². The first kappa shape index (κ1) is 19.1. The van der Waals surface area contributed by atoms with E-state index in [1.165, 1.54) is 16.9 Å². The van der Waals surface area contributed by atoms with E-state index in [0.717, 1.165) is 17.5 Å². The molecule has 1 aliphatic heterocycles. The second kappa shape index (κ2) is 8.87. The van der Waals surface area contributed by atoms with E-state index < -0.39 is 5.97 Å². The van der Waals surface area contributed by atoms with Crippen molar-refractivity contribution >= 4 is 28.3 Å². The quantitative estimate of drug-likeness (QED) is 0.634. The van der Waals surface area contributed by atoms with Gasteiger partial charge in [-0.15, -0.1) is 11.3 Å². The Labute approximate surface area is 173 Å². The van der Waals surface area contributed by atoms with Crippen LogP contribution in [0.3, 0.4) is 0 Å². The van der Waals surface area contributed by atoms with E-state index in [-0.39, 0.29) is 18.2 Å². The van der Waals surface area contributed by atoms with Crippen LogP contribution in [0.15, 0.2) is 60.0 Å². The lowest BCUT2D eigenvalue weighted by Crippen LogP contribution is -2.38. The predicted octanol–water partition coefficient (Wildman–Crippen LogP) is 3.50. The molecule has 0 bridgehead atoms. The van der Waals surface area contributed by atoms with E-state index in [4.69, 9.17) is 4.74 Å². The van der Waals surface area contributed by atoms with Crippen molar-refractivity contribution in [1.82, 2.24) is 9.88 Å². The van der Waals surface area contributed by atoms with E-state index in [1.54, 1.807) is 10.3 Å². The molecule has 6 nitrogen and oxygen atoms in total. The molecule has 0 unspecified atom stereocenters. The number of hydrogen-bond acceptors (Lipinski definition) is 6. The molecule has 0 atom stereocenters. The van der Waals surface area contributed by atoms with Crippen molar-refractivity contribution in [3.05, 3.63) is 82.4 Å². The van der Waals surface area contributed by atoms with Crippen LogP contribution in [0, 0.1) is 0 Å². The van der Waals surface area contributed by atoms with E-state index in [2.05, 4.69) is 16.4 Å². The maximum atomic E-state index is 12.4. The maximum absolute atomic E-state index is 12.4. The summed E-state index contributed by atoms with van der Waals surface area (Å²) in [5, 5.41) is 5.46. The minimum absolute atomic E-state index is 0.189. The van der Waals surface area contributed by atoms with Crippen LogP contribution in [0.25, 0.3) is 0 Å². The fourth-order valence-corrected chi connectivity index (χ4v) is 3.90. The fourth-order valence-electron chi connectivity index (χ4n) is 3.22. The zero-order chi connectivity index (χ0) is 20.1. The highest BCUT2D eigenvalue weighted by molar-refractivity contribution is 7.13. The third kappa shape index (κ3) is 4.81. The Morgan fingerprint density at radius 3 is 2.66 bits per heavy atom. The number of nitrogens with one attached hydrogen (secondary N) is 1.